The number of nitrogens with zero attached hydrogens (tertiary/aromatic N) is 3. The highest BCUT2D eigenvalue weighted by Gasteiger charge is 2.17. The predicted octanol–water partition coefficient (Wildman–Crippen LogP) is 3.95. The maximum atomic E-state index is 13.0. The van der Waals surface area contributed by atoms with Crippen LogP contribution < -0.4 is 14.4 Å². The van der Waals surface area contributed by atoms with Gasteiger partial charge in [-0.25, -0.2) is 0 Å². The third-order valence-corrected chi connectivity index (χ3v) is 4.64. The molecule has 3 aromatic rings. The van der Waals surface area contributed by atoms with Gasteiger partial charge in [-0.1, -0.05) is 42.5 Å². The van der Waals surface area contributed by atoms with Crippen LogP contribution in [-0.2, 0) is 11.8 Å². The number of carbonyl (C=O) groups excluding carboxylic acids is 1. The van der Waals surface area contributed by atoms with Gasteiger partial charge in [-0.15, -0.1) is 0 Å². The lowest BCUT2D eigenvalue weighted by atomic mass is 10.2. The van der Waals surface area contributed by atoms with Crippen molar-refractivity contribution in [3.05, 3.63) is 84.2 Å². The van der Waals surface area contributed by atoms with Gasteiger partial charge in [0, 0.05) is 43.2 Å². The molecule has 0 unspecified atom stereocenters. The summed E-state index contributed by atoms with van der Waals surface area (Å²) in [6.07, 6.45) is 10.9. The van der Waals surface area contributed by atoms with E-state index in [1.807, 2.05) is 73.9 Å². The quantitative estimate of drug-likeness (QED) is 0.587. The Labute approximate surface area is 175 Å². The predicted molar refractivity (Wildman–Crippen MR) is 118 cm³/mol. The minimum Gasteiger partial charge on any atom is -0.486 e. The number of carbonyl (C=O) groups is 1. The van der Waals surface area contributed by atoms with Gasteiger partial charge in [0.2, 0.25) is 0 Å². The first-order chi connectivity index (χ1) is 14.7. The standard InChI is InChI=1S/C24H23N3O3/c1-26-18-20(17-25-26)9-12-24(28)27(13-5-8-19-6-3-2-4-7-19)21-10-11-22-23(16-21)30-15-14-29-22/h2-12,16-18H,13-15H2,1H3. The molecular formula is C24H23N3O3. The van der Waals surface area contributed by atoms with Crippen LogP contribution in [0.3, 0.4) is 0 Å². The maximum Gasteiger partial charge on any atom is 0.251 e. The number of rotatable bonds is 6. The molecule has 6 heteroatoms. The van der Waals surface area contributed by atoms with Crippen LogP contribution in [0.2, 0.25) is 0 Å². The fourth-order valence-electron chi connectivity index (χ4n) is 3.16. The second-order valence-corrected chi connectivity index (χ2v) is 6.87. The fourth-order valence-corrected chi connectivity index (χ4v) is 3.16. The molecule has 4 rings (SSSR count). The van der Waals surface area contributed by atoms with Gasteiger partial charge in [0.1, 0.15) is 13.2 Å². The van der Waals surface area contributed by atoms with Crippen LogP contribution in [0, 0.1) is 0 Å². The molecule has 0 fully saturated rings. The number of anilines is 1. The first-order valence-corrected chi connectivity index (χ1v) is 9.78. The Morgan fingerprint density at radius 2 is 1.87 bits per heavy atom. The summed E-state index contributed by atoms with van der Waals surface area (Å²) in [4.78, 5) is 14.7. The van der Waals surface area contributed by atoms with Gasteiger partial charge in [0.15, 0.2) is 11.5 Å². The average Bonchev–Trinajstić information content (AvgIpc) is 3.20. The lowest BCUT2D eigenvalue weighted by Crippen LogP contribution is -2.29. The average molecular weight is 401 g/mol. The summed E-state index contributed by atoms with van der Waals surface area (Å²) in [7, 11) is 1.84. The number of hydrogen-bond acceptors (Lipinski definition) is 4. The van der Waals surface area contributed by atoms with Crippen molar-refractivity contribution in [3.63, 3.8) is 0 Å². The second kappa shape index (κ2) is 9.13. The number of aryl methyl sites for hydroxylation is 1. The fraction of sp³-hybridized carbons (Fsp3) is 0.167. The lowest BCUT2D eigenvalue weighted by molar-refractivity contribution is -0.114. The second-order valence-electron chi connectivity index (χ2n) is 6.87. The smallest absolute Gasteiger partial charge is 0.251 e. The van der Waals surface area contributed by atoms with Crippen LogP contribution in [0.4, 0.5) is 5.69 Å². The number of aromatic nitrogens is 2. The highest BCUT2D eigenvalue weighted by atomic mass is 16.6. The zero-order valence-electron chi connectivity index (χ0n) is 16.8. The zero-order chi connectivity index (χ0) is 20.8. The Bertz CT molecular complexity index is 1070. The normalized spacial score (nSPS) is 13.1. The van der Waals surface area contributed by atoms with Crippen molar-refractivity contribution < 1.29 is 14.3 Å². The molecule has 0 radical (unpaired) electrons. The lowest BCUT2D eigenvalue weighted by Gasteiger charge is -2.23. The minimum absolute atomic E-state index is 0.131. The minimum atomic E-state index is -0.131. The van der Waals surface area contributed by atoms with Crippen LogP contribution in [-0.4, -0.2) is 35.4 Å². The number of fused-ring (bicyclic) bond motifs is 1. The highest BCUT2D eigenvalue weighted by molar-refractivity contribution is 6.04. The van der Waals surface area contributed by atoms with Crippen LogP contribution in [0.1, 0.15) is 11.1 Å². The van der Waals surface area contributed by atoms with Crippen LogP contribution in [0.15, 0.2) is 73.1 Å². The Morgan fingerprint density at radius 1 is 1.07 bits per heavy atom. The summed E-state index contributed by atoms with van der Waals surface area (Å²) in [6.45, 7) is 1.45. The molecule has 1 amide bonds. The van der Waals surface area contributed by atoms with E-state index in [9.17, 15) is 4.79 Å². The van der Waals surface area contributed by atoms with E-state index in [1.54, 1.807) is 27.9 Å². The van der Waals surface area contributed by atoms with Crippen molar-refractivity contribution in [2.45, 2.75) is 0 Å². The van der Waals surface area contributed by atoms with Crippen LogP contribution >= 0.6 is 0 Å². The summed E-state index contributed by atoms with van der Waals surface area (Å²) in [6, 6.07) is 15.6. The van der Waals surface area contributed by atoms with Crippen LogP contribution in [0.5, 0.6) is 11.5 Å². The molecule has 0 N–H and O–H groups in total. The third-order valence-electron chi connectivity index (χ3n) is 4.64. The molecule has 0 atom stereocenters. The third kappa shape index (κ3) is 4.78. The van der Waals surface area contributed by atoms with Gasteiger partial charge in [-0.3, -0.25) is 9.48 Å². The van der Waals surface area contributed by atoms with Gasteiger partial charge in [0.05, 0.1) is 6.20 Å². The van der Waals surface area contributed by atoms with Crippen LogP contribution in [0.25, 0.3) is 12.2 Å². The molecule has 0 saturated heterocycles. The van der Waals surface area contributed by atoms with E-state index >= 15 is 0 Å². The van der Waals surface area contributed by atoms with Crippen molar-refractivity contribution in [2.75, 3.05) is 24.7 Å². The van der Waals surface area contributed by atoms with Crippen molar-refractivity contribution in [1.29, 1.82) is 0 Å². The molecule has 0 saturated carbocycles. The van der Waals surface area contributed by atoms with E-state index < -0.39 is 0 Å². The summed E-state index contributed by atoms with van der Waals surface area (Å²) >= 11 is 0. The largest absolute Gasteiger partial charge is 0.486 e. The van der Waals surface area contributed by atoms with Gasteiger partial charge < -0.3 is 14.4 Å². The van der Waals surface area contributed by atoms with Gasteiger partial charge in [-0.05, 0) is 23.8 Å². The van der Waals surface area contributed by atoms with E-state index in [-0.39, 0.29) is 5.91 Å². The highest BCUT2D eigenvalue weighted by Crippen LogP contribution is 2.34. The monoisotopic (exact) mass is 401 g/mol. The van der Waals surface area contributed by atoms with E-state index in [0.29, 0.717) is 31.3 Å². The van der Waals surface area contributed by atoms with Gasteiger partial charge in [0.25, 0.3) is 5.91 Å². The molecule has 1 aliphatic rings. The van der Waals surface area contributed by atoms with Gasteiger partial charge in [-0.2, -0.15) is 5.10 Å². The van der Waals surface area contributed by atoms with Crippen molar-refractivity contribution in [1.82, 2.24) is 9.78 Å². The summed E-state index contributed by atoms with van der Waals surface area (Å²) < 4.78 is 13.0. The van der Waals surface area contributed by atoms with E-state index in [4.69, 9.17) is 9.47 Å². The Hall–Kier alpha value is -3.80. The molecule has 6 nitrogen and oxygen atoms in total. The molecule has 0 aliphatic carbocycles. The molecular weight excluding hydrogens is 378 g/mol. The maximum absolute atomic E-state index is 13.0. The molecule has 0 spiro atoms. The van der Waals surface area contributed by atoms with Gasteiger partial charge >= 0.3 is 0 Å². The van der Waals surface area contributed by atoms with E-state index in [1.165, 1.54) is 0 Å². The molecule has 2 aromatic carbocycles. The number of ether oxygens (including phenoxy) is 2. The number of benzene rings is 2. The molecule has 1 aromatic heterocycles. The molecule has 2 heterocycles. The van der Waals surface area contributed by atoms with Crippen molar-refractivity contribution >= 4 is 23.7 Å². The first kappa shape index (κ1) is 19.5. The summed E-state index contributed by atoms with van der Waals surface area (Å²) in [5.41, 5.74) is 2.70. The SMILES string of the molecule is Cn1cc(C=CC(=O)N(CC=Cc2ccccc2)c2ccc3c(c2)OCCO3)cn1. The number of hydrogen-bond donors (Lipinski definition) is 0. The number of amides is 1. The summed E-state index contributed by atoms with van der Waals surface area (Å²) in [5.74, 6) is 1.22. The Kier molecular flexibility index (Phi) is 5.94. The van der Waals surface area contributed by atoms with Crippen molar-refractivity contribution in [2.24, 2.45) is 7.05 Å². The molecule has 1 aliphatic heterocycles. The first-order valence-electron chi connectivity index (χ1n) is 9.78. The van der Waals surface area contributed by atoms with E-state index in [0.717, 1.165) is 16.8 Å². The van der Waals surface area contributed by atoms with Crippen molar-refractivity contribution in [3.8, 4) is 11.5 Å². The van der Waals surface area contributed by atoms with E-state index in [2.05, 4.69) is 5.10 Å². The Balaban J connectivity index is 1.57. The molecule has 152 valence electrons. The Morgan fingerprint density at radius 3 is 2.63 bits per heavy atom. The topological polar surface area (TPSA) is 56.6 Å². The molecule has 30 heavy (non-hydrogen) atoms. The summed E-state index contributed by atoms with van der Waals surface area (Å²) in [5, 5.41) is 4.13. The molecule has 0 bridgehead atoms. The zero-order valence-corrected chi connectivity index (χ0v) is 16.8.